The zero-order valence-electron chi connectivity index (χ0n) is 28.0. The predicted octanol–water partition coefficient (Wildman–Crippen LogP) is 4.39. The van der Waals surface area contributed by atoms with Crippen LogP contribution in [0.4, 0.5) is 15.3 Å². The lowest BCUT2D eigenvalue weighted by Gasteiger charge is -2.27. The molecule has 15 heteroatoms. The van der Waals surface area contributed by atoms with Gasteiger partial charge in [-0.2, -0.15) is 0 Å². The first-order valence-corrected chi connectivity index (χ1v) is 19.3. The van der Waals surface area contributed by atoms with E-state index < -0.39 is 62.3 Å². The van der Waals surface area contributed by atoms with Crippen LogP contribution in [0.5, 0.6) is 0 Å². The molecular formula is C34H44N6O7S2. The van der Waals surface area contributed by atoms with E-state index in [0.717, 1.165) is 53.9 Å². The van der Waals surface area contributed by atoms with Crippen molar-refractivity contribution in [2.45, 2.75) is 101 Å². The number of fused-ring (bicyclic) bond motifs is 2. The lowest BCUT2D eigenvalue weighted by atomic mass is 10.1. The molecule has 0 bridgehead atoms. The summed E-state index contributed by atoms with van der Waals surface area (Å²) >= 11 is 1.48. The normalized spacial score (nSPS) is 27.2. The summed E-state index contributed by atoms with van der Waals surface area (Å²) in [5.74, 6) is -1.80. The molecule has 5 amide bonds. The number of hydrogen-bond donors (Lipinski definition) is 4. The number of anilines is 1. The Morgan fingerprint density at radius 1 is 1.18 bits per heavy atom. The molecule has 3 heterocycles. The minimum absolute atomic E-state index is 0.00569. The van der Waals surface area contributed by atoms with Gasteiger partial charge in [-0.05, 0) is 76.5 Å². The van der Waals surface area contributed by atoms with Gasteiger partial charge in [0.05, 0.1) is 22.7 Å². The number of hydrogen-bond acceptors (Lipinski definition) is 9. The van der Waals surface area contributed by atoms with Gasteiger partial charge in [0.2, 0.25) is 15.9 Å². The van der Waals surface area contributed by atoms with E-state index in [1.165, 1.54) is 16.2 Å². The molecule has 2 aromatic rings. The number of aromatic nitrogens is 1. The Hall–Kier alpha value is -3.98. The van der Waals surface area contributed by atoms with E-state index >= 15 is 0 Å². The number of sulfonamides is 1. The highest BCUT2D eigenvalue weighted by Gasteiger charge is 2.63. The highest BCUT2D eigenvalue weighted by molar-refractivity contribution is 7.91. The van der Waals surface area contributed by atoms with Gasteiger partial charge in [-0.25, -0.2) is 23.0 Å². The molecule has 1 aromatic heterocycles. The Balaban J connectivity index is 1.19. The van der Waals surface area contributed by atoms with Gasteiger partial charge in [0.25, 0.3) is 5.91 Å². The molecular weight excluding hydrogens is 669 g/mol. The van der Waals surface area contributed by atoms with Crippen LogP contribution in [0.25, 0.3) is 10.6 Å². The molecule has 2 aliphatic heterocycles. The van der Waals surface area contributed by atoms with Crippen molar-refractivity contribution < 1.29 is 32.3 Å². The Morgan fingerprint density at radius 3 is 2.71 bits per heavy atom. The standard InChI is InChI=1S/C34H44N6O7S2/c1-4-23-20-48-29(36-23)25-12-11-21(2)16-26(25)37-32(44)47-24-17-27-28(41)38-34(30(42)39-49(45,46)33(3)13-14-33)18-22(34)10-8-6-5-7-9-15-35-31(43)40(27)19-24/h8,10-12,16,20,22,24,27H,4-7,9,13-15,17-19H2,1-3H3,(H,35,43)(H,37,44)(H,38,41)(H,39,42)/b10-8+. The van der Waals surface area contributed by atoms with Crippen LogP contribution in [-0.4, -0.2) is 77.8 Å². The number of aryl methyl sites for hydroxylation is 2. The van der Waals surface area contributed by atoms with Gasteiger partial charge in [-0.15, -0.1) is 11.3 Å². The van der Waals surface area contributed by atoms with Crippen molar-refractivity contribution in [2.75, 3.05) is 18.4 Å². The van der Waals surface area contributed by atoms with Crippen LogP contribution in [-0.2, 0) is 30.8 Å². The van der Waals surface area contributed by atoms with Gasteiger partial charge in [-0.1, -0.05) is 31.6 Å². The van der Waals surface area contributed by atoms with E-state index in [1.807, 2.05) is 49.6 Å². The highest BCUT2D eigenvalue weighted by atomic mass is 32.2. The maximum atomic E-state index is 13.9. The fourth-order valence-electron chi connectivity index (χ4n) is 6.38. The molecule has 264 valence electrons. The molecule has 49 heavy (non-hydrogen) atoms. The van der Waals surface area contributed by atoms with Gasteiger partial charge in [0.1, 0.15) is 22.7 Å². The monoisotopic (exact) mass is 712 g/mol. The van der Waals surface area contributed by atoms with Crippen LogP contribution >= 0.6 is 11.3 Å². The molecule has 3 fully saturated rings. The average molecular weight is 713 g/mol. The van der Waals surface area contributed by atoms with E-state index in [2.05, 4.69) is 25.7 Å². The third-order valence-electron chi connectivity index (χ3n) is 9.94. The van der Waals surface area contributed by atoms with Crippen molar-refractivity contribution in [2.24, 2.45) is 5.92 Å². The van der Waals surface area contributed by atoms with Gasteiger partial charge in [0, 0.05) is 29.8 Å². The van der Waals surface area contributed by atoms with E-state index in [9.17, 15) is 27.6 Å². The zero-order valence-corrected chi connectivity index (χ0v) is 29.7. The first-order valence-electron chi connectivity index (χ1n) is 17.0. The number of rotatable bonds is 7. The fourth-order valence-corrected chi connectivity index (χ4v) is 8.63. The Bertz CT molecular complexity index is 1770. The Morgan fingerprint density at radius 2 is 1.98 bits per heavy atom. The van der Waals surface area contributed by atoms with Crippen molar-refractivity contribution in [3.05, 3.63) is 47.0 Å². The van der Waals surface area contributed by atoms with Crippen LogP contribution in [0.3, 0.4) is 0 Å². The summed E-state index contributed by atoms with van der Waals surface area (Å²) < 4.78 is 33.0. The molecule has 1 aromatic carbocycles. The number of nitrogens with zero attached hydrogens (tertiary/aromatic N) is 2. The van der Waals surface area contributed by atoms with Crippen molar-refractivity contribution >= 4 is 51.0 Å². The number of benzene rings is 1. The first-order chi connectivity index (χ1) is 23.3. The molecule has 4 aliphatic rings. The predicted molar refractivity (Wildman–Crippen MR) is 185 cm³/mol. The number of thiazole rings is 1. The molecule has 0 radical (unpaired) electrons. The first kappa shape index (κ1) is 34.9. The lowest BCUT2D eigenvalue weighted by Crippen LogP contribution is -2.57. The third-order valence-corrected chi connectivity index (χ3v) is 13.0. The SMILES string of the molecule is CCc1csc(-c2ccc(C)cc2NC(=O)OC2CC3C(=O)NC4(C(=O)NS(=O)(=O)C5(C)CC5)CC4/C=C/CCCCCNC(=O)N3C2)n1. The minimum atomic E-state index is -3.95. The summed E-state index contributed by atoms with van der Waals surface area (Å²) in [6.07, 6.45) is 7.43. The van der Waals surface area contributed by atoms with Crippen molar-refractivity contribution in [1.29, 1.82) is 0 Å². The van der Waals surface area contributed by atoms with Gasteiger partial charge < -0.3 is 20.3 Å². The quantitative estimate of drug-likeness (QED) is 0.306. The number of carbonyl (C=O) groups is 4. The molecule has 2 aliphatic carbocycles. The third kappa shape index (κ3) is 7.47. The molecule has 2 saturated carbocycles. The summed E-state index contributed by atoms with van der Waals surface area (Å²) in [6, 6.07) is 4.12. The van der Waals surface area contributed by atoms with Gasteiger partial charge in [0.15, 0.2) is 0 Å². The van der Waals surface area contributed by atoms with Crippen LogP contribution in [0, 0.1) is 12.8 Å². The number of allylic oxidation sites excluding steroid dienone is 1. The topological polar surface area (TPSA) is 176 Å². The van der Waals surface area contributed by atoms with E-state index in [4.69, 9.17) is 4.74 Å². The maximum absolute atomic E-state index is 13.9. The van der Waals surface area contributed by atoms with Crippen molar-refractivity contribution in [1.82, 2.24) is 25.2 Å². The van der Waals surface area contributed by atoms with Gasteiger partial charge >= 0.3 is 12.1 Å². The highest BCUT2D eigenvalue weighted by Crippen LogP contribution is 2.47. The number of urea groups is 1. The van der Waals surface area contributed by atoms with Crippen molar-refractivity contribution in [3.8, 4) is 10.6 Å². The maximum Gasteiger partial charge on any atom is 0.411 e. The molecule has 6 rings (SSSR count). The Kier molecular flexibility index (Phi) is 9.77. The van der Waals surface area contributed by atoms with Crippen LogP contribution in [0.2, 0.25) is 0 Å². The number of ether oxygens (including phenoxy) is 1. The second-order valence-electron chi connectivity index (χ2n) is 13.8. The lowest BCUT2D eigenvalue weighted by molar-refractivity contribution is -0.131. The molecule has 13 nitrogen and oxygen atoms in total. The average Bonchev–Trinajstić information content (AvgIpc) is 3.83. The van der Waals surface area contributed by atoms with E-state index in [1.54, 1.807) is 6.92 Å². The molecule has 4 N–H and O–H groups in total. The number of nitrogens with one attached hydrogen (secondary N) is 4. The molecule has 4 unspecified atom stereocenters. The molecule has 4 atom stereocenters. The fraction of sp³-hybridized carbons (Fsp3) is 0.559. The summed E-state index contributed by atoms with van der Waals surface area (Å²) in [5, 5.41) is 11.3. The van der Waals surface area contributed by atoms with Crippen LogP contribution in [0.1, 0.15) is 76.5 Å². The van der Waals surface area contributed by atoms with Crippen LogP contribution < -0.4 is 20.7 Å². The van der Waals surface area contributed by atoms with Gasteiger partial charge in [-0.3, -0.25) is 19.6 Å². The number of amides is 5. The summed E-state index contributed by atoms with van der Waals surface area (Å²) in [5.41, 5.74) is 1.68. The molecule has 0 spiro atoms. The summed E-state index contributed by atoms with van der Waals surface area (Å²) in [7, 11) is -3.95. The zero-order chi connectivity index (χ0) is 35.0. The smallest absolute Gasteiger partial charge is 0.411 e. The Labute approximate surface area is 290 Å². The van der Waals surface area contributed by atoms with Crippen LogP contribution in [0.15, 0.2) is 35.7 Å². The second kappa shape index (κ2) is 13.7. The van der Waals surface area contributed by atoms with E-state index in [0.29, 0.717) is 25.1 Å². The minimum Gasteiger partial charge on any atom is -0.444 e. The summed E-state index contributed by atoms with van der Waals surface area (Å²) in [6.45, 7) is 5.90. The van der Waals surface area contributed by atoms with Crippen molar-refractivity contribution in [3.63, 3.8) is 0 Å². The second-order valence-corrected chi connectivity index (χ2v) is 16.8. The number of carbonyl (C=O) groups excluding carboxylic acids is 4. The summed E-state index contributed by atoms with van der Waals surface area (Å²) in [4.78, 5) is 60.2. The largest absolute Gasteiger partial charge is 0.444 e. The van der Waals surface area contributed by atoms with E-state index in [-0.39, 0.29) is 19.4 Å². The molecule has 1 saturated heterocycles.